The maximum atomic E-state index is 11.7. The SMILES string of the molecule is CCCCCCCCCCc1ccccc1Oc1cc([O-])cc(S(=O)(=O)O)c1.[K+]. The molecule has 0 aliphatic carbocycles. The minimum Gasteiger partial charge on any atom is -0.872 e. The molecule has 7 heteroatoms. The van der Waals surface area contributed by atoms with Gasteiger partial charge >= 0.3 is 51.4 Å². The predicted molar refractivity (Wildman–Crippen MR) is 109 cm³/mol. The fourth-order valence-electron chi connectivity index (χ4n) is 3.14. The Morgan fingerprint density at radius 2 is 1.55 bits per heavy atom. The number of rotatable bonds is 12. The van der Waals surface area contributed by atoms with E-state index in [9.17, 15) is 18.1 Å². The van der Waals surface area contributed by atoms with E-state index < -0.39 is 20.8 Å². The molecule has 29 heavy (non-hydrogen) atoms. The molecule has 0 radical (unpaired) electrons. The normalized spacial score (nSPS) is 11.1. The number of unbranched alkanes of at least 4 members (excludes halogenated alkanes) is 7. The van der Waals surface area contributed by atoms with Crippen LogP contribution in [0.4, 0.5) is 0 Å². The first-order valence-corrected chi connectivity index (χ1v) is 11.4. The first kappa shape index (κ1) is 26.6. The molecule has 0 saturated heterocycles. The van der Waals surface area contributed by atoms with Crippen molar-refractivity contribution < 1.29 is 74.2 Å². The molecule has 0 fully saturated rings. The Hall–Kier alpha value is -0.414. The van der Waals surface area contributed by atoms with Crippen molar-refractivity contribution in [3.05, 3.63) is 48.0 Å². The average molecular weight is 445 g/mol. The van der Waals surface area contributed by atoms with Crippen LogP contribution in [0.3, 0.4) is 0 Å². The largest absolute Gasteiger partial charge is 1.00 e. The minimum absolute atomic E-state index is 0. The van der Waals surface area contributed by atoms with Gasteiger partial charge in [0.05, 0.1) is 4.90 Å². The van der Waals surface area contributed by atoms with Crippen molar-refractivity contribution in [2.24, 2.45) is 0 Å². The summed E-state index contributed by atoms with van der Waals surface area (Å²) in [6, 6.07) is 10.8. The van der Waals surface area contributed by atoms with Gasteiger partial charge < -0.3 is 9.84 Å². The van der Waals surface area contributed by atoms with Gasteiger partial charge in [0.25, 0.3) is 10.1 Å². The molecular weight excluding hydrogens is 415 g/mol. The van der Waals surface area contributed by atoms with Crippen LogP contribution in [-0.2, 0) is 16.5 Å². The summed E-state index contributed by atoms with van der Waals surface area (Å²) in [4.78, 5) is -0.462. The summed E-state index contributed by atoms with van der Waals surface area (Å²) in [5.74, 6) is 0.159. The van der Waals surface area contributed by atoms with Gasteiger partial charge in [-0.1, -0.05) is 70.1 Å². The van der Waals surface area contributed by atoms with Gasteiger partial charge in [-0.2, -0.15) is 8.42 Å². The van der Waals surface area contributed by atoms with Crippen molar-refractivity contribution in [3.63, 3.8) is 0 Å². The van der Waals surface area contributed by atoms with E-state index in [4.69, 9.17) is 4.74 Å². The molecule has 154 valence electrons. The van der Waals surface area contributed by atoms with E-state index in [0.29, 0.717) is 5.75 Å². The third-order valence-electron chi connectivity index (χ3n) is 4.65. The molecule has 2 rings (SSSR count). The number of aryl methyl sites for hydroxylation is 1. The van der Waals surface area contributed by atoms with Gasteiger partial charge in [-0.3, -0.25) is 4.55 Å². The predicted octanol–water partition coefficient (Wildman–Crippen LogP) is 2.49. The van der Waals surface area contributed by atoms with Crippen LogP contribution < -0.4 is 61.2 Å². The van der Waals surface area contributed by atoms with Gasteiger partial charge in [-0.25, -0.2) is 0 Å². The van der Waals surface area contributed by atoms with Crippen LogP contribution in [0.5, 0.6) is 17.2 Å². The molecule has 0 aliphatic rings. The zero-order valence-corrected chi connectivity index (χ0v) is 21.3. The molecule has 0 aromatic heterocycles. The zero-order valence-electron chi connectivity index (χ0n) is 17.4. The molecular formula is C22H29KO5S. The Morgan fingerprint density at radius 3 is 2.21 bits per heavy atom. The molecule has 0 bridgehead atoms. The molecule has 0 spiro atoms. The third-order valence-corrected chi connectivity index (χ3v) is 5.48. The second-order valence-electron chi connectivity index (χ2n) is 7.05. The fraction of sp³-hybridized carbons (Fsp3) is 0.455. The van der Waals surface area contributed by atoms with Crippen LogP contribution in [0.1, 0.15) is 63.9 Å². The topological polar surface area (TPSA) is 86.7 Å². The Kier molecular flexibility index (Phi) is 12.7. The van der Waals surface area contributed by atoms with Crippen molar-refractivity contribution in [3.8, 4) is 17.2 Å². The molecule has 5 nitrogen and oxygen atoms in total. The molecule has 0 saturated carbocycles. The summed E-state index contributed by atoms with van der Waals surface area (Å²) in [6.45, 7) is 2.22. The summed E-state index contributed by atoms with van der Waals surface area (Å²) in [7, 11) is -4.46. The molecule has 0 atom stereocenters. The van der Waals surface area contributed by atoms with Crippen molar-refractivity contribution in [2.75, 3.05) is 0 Å². The van der Waals surface area contributed by atoms with Crippen LogP contribution in [0.15, 0.2) is 47.4 Å². The van der Waals surface area contributed by atoms with Crippen LogP contribution in [0.2, 0.25) is 0 Å². The monoisotopic (exact) mass is 444 g/mol. The summed E-state index contributed by atoms with van der Waals surface area (Å²) in [5.41, 5.74) is 1.01. The van der Waals surface area contributed by atoms with E-state index in [2.05, 4.69) is 6.92 Å². The molecule has 0 unspecified atom stereocenters. The van der Waals surface area contributed by atoms with E-state index in [-0.39, 0.29) is 57.1 Å². The number of hydrogen-bond acceptors (Lipinski definition) is 4. The molecule has 2 aromatic rings. The fourth-order valence-corrected chi connectivity index (χ4v) is 3.67. The van der Waals surface area contributed by atoms with E-state index in [1.165, 1.54) is 44.6 Å². The van der Waals surface area contributed by atoms with Crippen molar-refractivity contribution in [1.82, 2.24) is 0 Å². The maximum Gasteiger partial charge on any atom is 1.00 e. The van der Waals surface area contributed by atoms with E-state index in [1.54, 1.807) is 6.07 Å². The van der Waals surface area contributed by atoms with Gasteiger partial charge in [0.2, 0.25) is 0 Å². The Labute approximate surface area is 217 Å². The molecule has 0 aliphatic heterocycles. The number of hydrogen-bond donors (Lipinski definition) is 1. The smallest absolute Gasteiger partial charge is 0.872 e. The molecule has 0 heterocycles. The van der Waals surface area contributed by atoms with Crippen molar-refractivity contribution in [1.29, 1.82) is 0 Å². The first-order valence-electron chi connectivity index (χ1n) is 9.95. The average Bonchev–Trinajstić information content (AvgIpc) is 2.64. The standard InChI is InChI=1S/C22H30O5S.K/c1-2-3-4-5-6-7-8-9-12-18-13-10-11-14-22(18)27-20-15-19(23)16-21(17-20)28(24,25)26;/h10-11,13-17,23H,2-9,12H2,1H3,(H,24,25,26);/q;+1/p-1. The summed E-state index contributed by atoms with van der Waals surface area (Å²) in [5, 5.41) is 11.7. The molecule has 2 aromatic carbocycles. The number of para-hydroxylation sites is 1. The molecule has 1 N–H and O–H groups in total. The van der Waals surface area contributed by atoms with Crippen LogP contribution in [0, 0.1) is 0 Å². The maximum absolute atomic E-state index is 11.7. The zero-order chi connectivity index (χ0) is 20.4. The van der Waals surface area contributed by atoms with Gasteiger partial charge in [-0.15, -0.1) is 5.75 Å². The Balaban J connectivity index is 0.00000420. The van der Waals surface area contributed by atoms with Crippen LogP contribution >= 0.6 is 0 Å². The van der Waals surface area contributed by atoms with Crippen LogP contribution in [0.25, 0.3) is 0 Å². The summed E-state index contributed by atoms with van der Waals surface area (Å²) in [6.07, 6.45) is 10.7. The van der Waals surface area contributed by atoms with Gasteiger partial charge in [0.1, 0.15) is 11.5 Å². The van der Waals surface area contributed by atoms with Crippen molar-refractivity contribution in [2.45, 2.75) is 69.6 Å². The quantitative estimate of drug-likeness (QED) is 0.309. The molecule has 0 amide bonds. The van der Waals surface area contributed by atoms with Gasteiger partial charge in [0.15, 0.2) is 0 Å². The van der Waals surface area contributed by atoms with Gasteiger partial charge in [-0.05, 0) is 36.6 Å². The van der Waals surface area contributed by atoms with Gasteiger partial charge in [0, 0.05) is 6.07 Å². The van der Waals surface area contributed by atoms with Crippen molar-refractivity contribution >= 4 is 10.1 Å². The minimum atomic E-state index is -4.46. The van der Waals surface area contributed by atoms with E-state index >= 15 is 0 Å². The van der Waals surface area contributed by atoms with E-state index in [0.717, 1.165) is 37.0 Å². The van der Waals surface area contributed by atoms with E-state index in [1.807, 2.05) is 18.2 Å². The summed E-state index contributed by atoms with van der Waals surface area (Å²) >= 11 is 0. The second-order valence-corrected chi connectivity index (χ2v) is 8.47. The number of ether oxygens (including phenoxy) is 1. The Morgan fingerprint density at radius 1 is 0.931 bits per heavy atom. The van der Waals surface area contributed by atoms with Crippen LogP contribution in [-0.4, -0.2) is 13.0 Å². The second kappa shape index (κ2) is 13.8. The summed E-state index contributed by atoms with van der Waals surface area (Å²) < 4.78 is 37.6. The third kappa shape index (κ3) is 9.96. The first-order chi connectivity index (χ1) is 13.4. The Bertz CT molecular complexity index is 852. The number of benzene rings is 2.